The van der Waals surface area contributed by atoms with Crippen molar-refractivity contribution in [3.05, 3.63) is 39.4 Å². The van der Waals surface area contributed by atoms with Crippen LogP contribution in [0.1, 0.15) is 6.92 Å². The summed E-state index contributed by atoms with van der Waals surface area (Å²) in [6, 6.07) is 2.87. The summed E-state index contributed by atoms with van der Waals surface area (Å²) in [5.41, 5.74) is 0.228. The summed E-state index contributed by atoms with van der Waals surface area (Å²) in [4.78, 5) is 23.1. The van der Waals surface area contributed by atoms with Crippen LogP contribution in [0.4, 0.5) is 5.69 Å². The SMILES string of the molecule is C=C1C(=O)N(c2c(Cl)cc(Cl)cc2Cl)N=C1NC(C)=O. The Labute approximate surface area is 129 Å². The van der Waals surface area contributed by atoms with E-state index in [0.29, 0.717) is 5.02 Å². The number of hydrogen-bond acceptors (Lipinski definition) is 3. The first-order chi connectivity index (χ1) is 9.31. The molecule has 8 heteroatoms. The van der Waals surface area contributed by atoms with Crippen molar-refractivity contribution >= 4 is 58.1 Å². The highest BCUT2D eigenvalue weighted by Crippen LogP contribution is 2.38. The summed E-state index contributed by atoms with van der Waals surface area (Å²) < 4.78 is 0. The van der Waals surface area contributed by atoms with Gasteiger partial charge < -0.3 is 5.32 Å². The maximum atomic E-state index is 12.1. The zero-order valence-electron chi connectivity index (χ0n) is 10.2. The predicted octanol–water partition coefficient (Wildman–Crippen LogP) is 3.00. The van der Waals surface area contributed by atoms with Crippen LogP contribution in [-0.2, 0) is 9.59 Å². The lowest BCUT2D eigenvalue weighted by Crippen LogP contribution is -2.28. The largest absolute Gasteiger partial charge is 0.309 e. The molecule has 0 aliphatic carbocycles. The third-order valence-corrected chi connectivity index (χ3v) is 3.22. The van der Waals surface area contributed by atoms with E-state index in [1.807, 2.05) is 0 Å². The normalized spacial score (nSPS) is 14.6. The second kappa shape index (κ2) is 5.44. The molecule has 1 aliphatic rings. The lowest BCUT2D eigenvalue weighted by Gasteiger charge is -2.15. The van der Waals surface area contributed by atoms with E-state index in [1.54, 1.807) is 0 Å². The zero-order chi connectivity index (χ0) is 15.0. The number of benzene rings is 1. The first-order valence-corrected chi connectivity index (χ1v) is 6.49. The van der Waals surface area contributed by atoms with Crippen LogP contribution in [0.2, 0.25) is 15.1 Å². The molecule has 1 heterocycles. The molecule has 1 aromatic rings. The molecular formula is C12H8Cl3N3O2. The van der Waals surface area contributed by atoms with Crippen molar-refractivity contribution < 1.29 is 9.59 Å². The minimum atomic E-state index is -0.528. The fourth-order valence-electron chi connectivity index (χ4n) is 1.59. The molecule has 0 aromatic heterocycles. The van der Waals surface area contributed by atoms with E-state index in [2.05, 4.69) is 17.0 Å². The zero-order valence-corrected chi connectivity index (χ0v) is 12.5. The van der Waals surface area contributed by atoms with Gasteiger partial charge in [-0.15, -0.1) is 5.10 Å². The highest BCUT2D eigenvalue weighted by atomic mass is 35.5. The fraction of sp³-hybridized carbons (Fsp3) is 0.0833. The smallest absolute Gasteiger partial charge is 0.282 e. The van der Waals surface area contributed by atoms with Crippen LogP contribution in [-0.4, -0.2) is 17.6 Å². The molecule has 0 saturated heterocycles. The van der Waals surface area contributed by atoms with E-state index in [-0.39, 0.29) is 33.0 Å². The van der Waals surface area contributed by atoms with Crippen LogP contribution in [0.5, 0.6) is 0 Å². The van der Waals surface area contributed by atoms with Crippen LogP contribution in [0.25, 0.3) is 0 Å². The fourth-order valence-corrected chi connectivity index (χ4v) is 2.57. The first-order valence-electron chi connectivity index (χ1n) is 5.35. The number of amides is 2. The molecule has 1 aromatic carbocycles. The Balaban J connectivity index is 2.48. The number of amidine groups is 1. The maximum absolute atomic E-state index is 12.1. The van der Waals surface area contributed by atoms with Gasteiger partial charge in [-0.1, -0.05) is 41.4 Å². The lowest BCUT2D eigenvalue weighted by atomic mass is 10.2. The highest BCUT2D eigenvalue weighted by Gasteiger charge is 2.32. The van der Waals surface area contributed by atoms with Crippen LogP contribution in [0.3, 0.4) is 0 Å². The van der Waals surface area contributed by atoms with Crippen molar-refractivity contribution in [3.63, 3.8) is 0 Å². The summed E-state index contributed by atoms with van der Waals surface area (Å²) in [5, 5.41) is 8.02. The number of hydrazone groups is 1. The number of nitrogens with one attached hydrogen (secondary N) is 1. The van der Waals surface area contributed by atoms with Crippen LogP contribution >= 0.6 is 34.8 Å². The standard InChI is InChI=1S/C12H8Cl3N3O2/c1-5-11(16-6(2)19)17-18(12(5)20)10-8(14)3-7(13)4-9(10)15/h3-4H,1H2,2H3,(H,16,17,19). The number of nitrogens with zero attached hydrogens (tertiary/aromatic N) is 2. The Morgan fingerprint density at radius 2 is 1.85 bits per heavy atom. The quantitative estimate of drug-likeness (QED) is 0.804. The minimum Gasteiger partial charge on any atom is -0.309 e. The van der Waals surface area contributed by atoms with Crippen molar-refractivity contribution in [2.24, 2.45) is 5.10 Å². The summed E-state index contributed by atoms with van der Waals surface area (Å²) >= 11 is 17.9. The Hall–Kier alpha value is -1.56. The Morgan fingerprint density at radius 1 is 1.30 bits per heavy atom. The summed E-state index contributed by atoms with van der Waals surface area (Å²) in [5.74, 6) is -0.836. The second-order valence-corrected chi connectivity index (χ2v) is 5.19. The summed E-state index contributed by atoms with van der Waals surface area (Å²) in [6.45, 7) is 4.87. The average molecular weight is 333 g/mol. The maximum Gasteiger partial charge on any atom is 0.282 e. The van der Waals surface area contributed by atoms with Gasteiger partial charge in [0.15, 0.2) is 5.84 Å². The molecule has 2 amide bonds. The Bertz CT molecular complexity index is 647. The monoisotopic (exact) mass is 331 g/mol. The van der Waals surface area contributed by atoms with Gasteiger partial charge in [-0.25, -0.2) is 0 Å². The minimum absolute atomic E-state index is 0.0438. The Kier molecular flexibility index (Phi) is 4.04. The molecule has 104 valence electrons. The van der Waals surface area contributed by atoms with Gasteiger partial charge in [-0.2, -0.15) is 5.01 Å². The van der Waals surface area contributed by atoms with Crippen LogP contribution in [0.15, 0.2) is 29.4 Å². The van der Waals surface area contributed by atoms with Gasteiger partial charge in [-0.05, 0) is 12.1 Å². The molecule has 20 heavy (non-hydrogen) atoms. The molecule has 2 rings (SSSR count). The molecule has 5 nitrogen and oxygen atoms in total. The van der Waals surface area contributed by atoms with Crippen LogP contribution in [0, 0.1) is 0 Å². The third kappa shape index (κ3) is 2.65. The van der Waals surface area contributed by atoms with E-state index in [9.17, 15) is 9.59 Å². The van der Waals surface area contributed by atoms with Gasteiger partial charge in [0, 0.05) is 11.9 Å². The molecule has 0 fully saturated rings. The number of anilines is 1. The molecule has 1 aliphatic heterocycles. The molecule has 0 atom stereocenters. The number of carbonyl (C=O) groups excluding carboxylic acids is 2. The van der Waals surface area contributed by atoms with Gasteiger partial charge in [0.25, 0.3) is 5.91 Å². The van der Waals surface area contributed by atoms with Gasteiger partial charge in [0.1, 0.15) is 5.69 Å². The topological polar surface area (TPSA) is 61.8 Å². The van der Waals surface area contributed by atoms with Crippen molar-refractivity contribution in [1.29, 1.82) is 0 Å². The van der Waals surface area contributed by atoms with Crippen molar-refractivity contribution in [1.82, 2.24) is 5.32 Å². The van der Waals surface area contributed by atoms with Gasteiger partial charge in [0.05, 0.1) is 15.6 Å². The van der Waals surface area contributed by atoms with E-state index < -0.39 is 5.91 Å². The van der Waals surface area contributed by atoms with Gasteiger partial charge >= 0.3 is 0 Å². The number of carbonyl (C=O) groups is 2. The number of hydrogen-bond donors (Lipinski definition) is 1. The molecular weight excluding hydrogens is 325 g/mol. The molecule has 0 unspecified atom stereocenters. The predicted molar refractivity (Wildman–Crippen MR) is 79.3 cm³/mol. The third-order valence-electron chi connectivity index (χ3n) is 2.42. The second-order valence-electron chi connectivity index (χ2n) is 3.94. The summed E-state index contributed by atoms with van der Waals surface area (Å²) in [7, 11) is 0. The van der Waals surface area contributed by atoms with Crippen LogP contribution < -0.4 is 10.3 Å². The molecule has 1 N–H and O–H groups in total. The van der Waals surface area contributed by atoms with Crippen molar-refractivity contribution in [3.8, 4) is 0 Å². The molecule has 0 spiro atoms. The van der Waals surface area contributed by atoms with Crippen molar-refractivity contribution in [2.45, 2.75) is 6.92 Å². The van der Waals surface area contributed by atoms with Crippen molar-refractivity contribution in [2.75, 3.05) is 5.01 Å². The van der Waals surface area contributed by atoms with E-state index in [0.717, 1.165) is 5.01 Å². The van der Waals surface area contributed by atoms with E-state index in [1.165, 1.54) is 19.1 Å². The van der Waals surface area contributed by atoms with E-state index in [4.69, 9.17) is 34.8 Å². The first kappa shape index (κ1) is 14.8. The average Bonchev–Trinajstić information content (AvgIpc) is 2.56. The summed E-state index contributed by atoms with van der Waals surface area (Å²) in [6.07, 6.45) is 0. The molecule has 0 saturated carbocycles. The van der Waals surface area contributed by atoms with Gasteiger partial charge in [-0.3, -0.25) is 9.59 Å². The van der Waals surface area contributed by atoms with Gasteiger partial charge in [0.2, 0.25) is 5.91 Å². The number of halogens is 3. The lowest BCUT2D eigenvalue weighted by molar-refractivity contribution is -0.117. The highest BCUT2D eigenvalue weighted by molar-refractivity contribution is 6.43. The molecule has 0 radical (unpaired) electrons. The Morgan fingerprint density at radius 3 is 2.35 bits per heavy atom. The van der Waals surface area contributed by atoms with E-state index >= 15 is 0 Å². The number of rotatable bonds is 1. The molecule has 0 bridgehead atoms.